The number of hydrogen-bond donors (Lipinski definition) is 1. The molecule has 0 atom stereocenters. The Bertz CT molecular complexity index is 343. The fraction of sp³-hybridized carbons (Fsp3) is 0.200. The summed E-state index contributed by atoms with van der Waals surface area (Å²) in [7, 11) is 0. The van der Waals surface area contributed by atoms with Gasteiger partial charge in [-0.1, -0.05) is 22.9 Å². The number of hydrogen-bond acceptors (Lipinski definition) is 2. The zero-order valence-corrected chi connectivity index (χ0v) is 8.80. The number of halogens is 1. The van der Waals surface area contributed by atoms with Gasteiger partial charge in [-0.2, -0.15) is 5.26 Å². The standard InChI is InChI=1S/C10H9BrNO/c1-7(6-13)10-4-9(11)3-2-8(10)5-12/h2-4,13H,6H2,1H3. The first-order valence-electron chi connectivity index (χ1n) is 3.82. The van der Waals surface area contributed by atoms with Gasteiger partial charge < -0.3 is 5.11 Å². The minimum absolute atomic E-state index is 0.0227. The lowest BCUT2D eigenvalue weighted by molar-refractivity contribution is 0.315. The maximum Gasteiger partial charge on any atom is 0.0994 e. The van der Waals surface area contributed by atoms with E-state index in [9.17, 15) is 0 Å². The molecule has 67 valence electrons. The van der Waals surface area contributed by atoms with Gasteiger partial charge in [-0.05, 0) is 23.8 Å². The topological polar surface area (TPSA) is 44.0 Å². The quantitative estimate of drug-likeness (QED) is 0.860. The van der Waals surface area contributed by atoms with Crippen molar-refractivity contribution in [3.8, 4) is 6.07 Å². The molecule has 0 unspecified atom stereocenters. The van der Waals surface area contributed by atoms with Crippen molar-refractivity contribution in [1.82, 2.24) is 0 Å². The van der Waals surface area contributed by atoms with E-state index in [2.05, 4.69) is 22.0 Å². The molecule has 0 aliphatic rings. The first-order chi connectivity index (χ1) is 6.19. The number of nitriles is 1. The van der Waals surface area contributed by atoms with E-state index in [0.717, 1.165) is 16.0 Å². The normalized spacial score (nSPS) is 10.1. The maximum atomic E-state index is 8.94. The lowest BCUT2D eigenvalue weighted by Gasteiger charge is -2.09. The Kier molecular flexibility index (Phi) is 3.47. The Morgan fingerprint density at radius 1 is 1.62 bits per heavy atom. The van der Waals surface area contributed by atoms with Crippen molar-refractivity contribution in [3.05, 3.63) is 39.7 Å². The second-order valence-corrected chi connectivity index (χ2v) is 3.66. The average Bonchev–Trinajstić information content (AvgIpc) is 2.16. The highest BCUT2D eigenvalue weighted by Crippen LogP contribution is 2.22. The summed E-state index contributed by atoms with van der Waals surface area (Å²) in [5, 5.41) is 17.7. The number of rotatable bonds is 2. The highest BCUT2D eigenvalue weighted by molar-refractivity contribution is 9.10. The predicted octanol–water partition coefficient (Wildman–Crippen LogP) is 2.26. The fourth-order valence-corrected chi connectivity index (χ4v) is 1.41. The first kappa shape index (κ1) is 10.2. The van der Waals surface area contributed by atoms with E-state index in [0.29, 0.717) is 5.56 Å². The molecular weight excluding hydrogens is 230 g/mol. The van der Waals surface area contributed by atoms with E-state index in [4.69, 9.17) is 10.4 Å². The Labute approximate surface area is 85.9 Å². The summed E-state index contributed by atoms with van der Waals surface area (Å²) < 4.78 is 0.911. The maximum absolute atomic E-state index is 8.94. The van der Waals surface area contributed by atoms with Crippen LogP contribution in [-0.4, -0.2) is 11.7 Å². The van der Waals surface area contributed by atoms with Crippen LogP contribution in [0.15, 0.2) is 22.7 Å². The summed E-state index contributed by atoms with van der Waals surface area (Å²) in [6.07, 6.45) is 0. The van der Waals surface area contributed by atoms with E-state index in [1.165, 1.54) is 0 Å². The third-order valence-corrected chi connectivity index (χ3v) is 2.29. The zero-order valence-electron chi connectivity index (χ0n) is 7.21. The van der Waals surface area contributed by atoms with Crippen molar-refractivity contribution in [2.45, 2.75) is 6.92 Å². The summed E-state index contributed by atoms with van der Waals surface area (Å²) in [6, 6.07) is 7.47. The third-order valence-electron chi connectivity index (χ3n) is 1.80. The van der Waals surface area contributed by atoms with Gasteiger partial charge in [-0.3, -0.25) is 0 Å². The van der Waals surface area contributed by atoms with Crippen LogP contribution in [0.25, 0.3) is 0 Å². The minimum atomic E-state index is -0.0227. The number of aliphatic hydroxyl groups is 1. The molecule has 0 bridgehead atoms. The molecule has 13 heavy (non-hydrogen) atoms. The summed E-state index contributed by atoms with van der Waals surface area (Å²) in [6.45, 7) is 1.79. The molecule has 3 heteroatoms. The van der Waals surface area contributed by atoms with E-state index in [1.54, 1.807) is 6.07 Å². The fourth-order valence-electron chi connectivity index (χ4n) is 1.05. The minimum Gasteiger partial charge on any atom is -0.395 e. The molecule has 1 radical (unpaired) electrons. The SMILES string of the molecule is C[C](CO)c1cc(Br)ccc1C#N. The van der Waals surface area contributed by atoms with Crippen LogP contribution in [0.1, 0.15) is 18.1 Å². The number of nitrogens with zero attached hydrogens (tertiary/aromatic N) is 1. The molecule has 0 amide bonds. The van der Waals surface area contributed by atoms with Gasteiger partial charge in [-0.25, -0.2) is 0 Å². The van der Waals surface area contributed by atoms with Crippen LogP contribution in [0.4, 0.5) is 0 Å². The van der Waals surface area contributed by atoms with Crippen molar-refractivity contribution >= 4 is 15.9 Å². The molecule has 1 aromatic carbocycles. The van der Waals surface area contributed by atoms with Gasteiger partial charge in [0.05, 0.1) is 18.2 Å². The number of benzene rings is 1. The summed E-state index contributed by atoms with van der Waals surface area (Å²) in [4.78, 5) is 0. The molecule has 2 nitrogen and oxygen atoms in total. The van der Waals surface area contributed by atoms with Gasteiger partial charge in [0.1, 0.15) is 0 Å². The molecule has 0 fully saturated rings. The Morgan fingerprint density at radius 3 is 2.85 bits per heavy atom. The van der Waals surface area contributed by atoms with Gasteiger partial charge in [0.2, 0.25) is 0 Å². The molecule has 0 heterocycles. The van der Waals surface area contributed by atoms with Gasteiger partial charge in [0.25, 0.3) is 0 Å². The second kappa shape index (κ2) is 4.40. The van der Waals surface area contributed by atoms with Crippen LogP contribution in [0, 0.1) is 17.2 Å². The molecule has 1 rings (SSSR count). The molecule has 0 aromatic heterocycles. The zero-order chi connectivity index (χ0) is 9.84. The largest absolute Gasteiger partial charge is 0.395 e. The van der Waals surface area contributed by atoms with Gasteiger partial charge in [0, 0.05) is 10.4 Å². The molecule has 0 aliphatic carbocycles. The van der Waals surface area contributed by atoms with Crippen molar-refractivity contribution in [2.24, 2.45) is 0 Å². The van der Waals surface area contributed by atoms with E-state index < -0.39 is 0 Å². The highest BCUT2D eigenvalue weighted by atomic mass is 79.9. The smallest absolute Gasteiger partial charge is 0.0994 e. The van der Waals surface area contributed by atoms with Gasteiger partial charge in [0.15, 0.2) is 0 Å². The van der Waals surface area contributed by atoms with Crippen LogP contribution in [0.5, 0.6) is 0 Å². The number of aliphatic hydroxyl groups excluding tert-OH is 1. The molecule has 0 spiro atoms. The molecule has 1 N–H and O–H groups in total. The van der Waals surface area contributed by atoms with E-state index in [-0.39, 0.29) is 6.61 Å². The second-order valence-electron chi connectivity index (χ2n) is 2.74. The van der Waals surface area contributed by atoms with Crippen molar-refractivity contribution in [2.75, 3.05) is 6.61 Å². The van der Waals surface area contributed by atoms with E-state index >= 15 is 0 Å². The van der Waals surface area contributed by atoms with Crippen LogP contribution in [0.3, 0.4) is 0 Å². The first-order valence-corrected chi connectivity index (χ1v) is 4.61. The third kappa shape index (κ3) is 2.30. The Hall–Kier alpha value is -0.850. The molecule has 1 aromatic rings. The molecular formula is C10H9BrNO. The lowest BCUT2D eigenvalue weighted by Crippen LogP contribution is -2.02. The van der Waals surface area contributed by atoms with E-state index in [1.807, 2.05) is 19.1 Å². The van der Waals surface area contributed by atoms with Gasteiger partial charge >= 0.3 is 0 Å². The molecule has 0 saturated carbocycles. The van der Waals surface area contributed by atoms with Crippen molar-refractivity contribution in [3.63, 3.8) is 0 Å². The van der Waals surface area contributed by atoms with Crippen molar-refractivity contribution in [1.29, 1.82) is 5.26 Å². The van der Waals surface area contributed by atoms with Crippen LogP contribution < -0.4 is 0 Å². The Morgan fingerprint density at radius 2 is 2.31 bits per heavy atom. The highest BCUT2D eigenvalue weighted by Gasteiger charge is 2.10. The van der Waals surface area contributed by atoms with Crippen LogP contribution in [0.2, 0.25) is 0 Å². The predicted molar refractivity (Wildman–Crippen MR) is 54.0 cm³/mol. The summed E-state index contributed by atoms with van der Waals surface area (Å²) >= 11 is 3.32. The summed E-state index contributed by atoms with van der Waals surface area (Å²) in [5.41, 5.74) is 1.40. The van der Waals surface area contributed by atoms with Crippen LogP contribution >= 0.6 is 15.9 Å². The van der Waals surface area contributed by atoms with Crippen LogP contribution in [-0.2, 0) is 0 Å². The Balaban J connectivity index is 3.17. The lowest BCUT2D eigenvalue weighted by atomic mass is 9.97. The average molecular weight is 239 g/mol. The van der Waals surface area contributed by atoms with Gasteiger partial charge in [-0.15, -0.1) is 0 Å². The molecule has 0 saturated heterocycles. The summed E-state index contributed by atoms with van der Waals surface area (Å²) in [5.74, 6) is 0.804. The van der Waals surface area contributed by atoms with Crippen molar-refractivity contribution < 1.29 is 5.11 Å². The molecule has 0 aliphatic heterocycles. The monoisotopic (exact) mass is 238 g/mol.